The molecule has 0 bridgehead atoms. The van der Waals surface area contributed by atoms with E-state index in [1.54, 1.807) is 6.07 Å². The average molecular weight is 419 g/mol. The number of halogens is 1. The number of phenols is 1. The fourth-order valence-corrected chi connectivity index (χ4v) is 3.53. The first-order valence-corrected chi connectivity index (χ1v) is 10.3. The van der Waals surface area contributed by atoms with Gasteiger partial charge in [-0.2, -0.15) is 0 Å². The number of nitrogens with two attached hydrogens (primary N) is 1. The minimum atomic E-state index is 0.0270. The molecule has 4 rings (SSSR count). The summed E-state index contributed by atoms with van der Waals surface area (Å²) in [5, 5.41) is 15.5. The van der Waals surface area contributed by atoms with Crippen molar-refractivity contribution in [2.24, 2.45) is 5.73 Å². The average Bonchev–Trinajstić information content (AvgIpc) is 2.78. The van der Waals surface area contributed by atoms with Gasteiger partial charge in [-0.3, -0.25) is 0 Å². The maximum atomic E-state index is 10.6. The molecule has 0 unspecified atom stereocenters. The van der Waals surface area contributed by atoms with Crippen LogP contribution in [-0.4, -0.2) is 27.7 Å². The molecule has 1 heterocycles. The lowest BCUT2D eigenvalue weighted by Crippen LogP contribution is -2.28. The molecule has 0 saturated carbocycles. The molecule has 5 nitrogen and oxygen atoms in total. The van der Waals surface area contributed by atoms with Crippen LogP contribution in [0.4, 0.5) is 5.82 Å². The number of aromatic nitrogens is 2. The lowest BCUT2D eigenvalue weighted by molar-refractivity contribution is 0.477. The Labute approximate surface area is 180 Å². The van der Waals surface area contributed by atoms with Gasteiger partial charge in [0.1, 0.15) is 11.6 Å². The van der Waals surface area contributed by atoms with Gasteiger partial charge in [0.15, 0.2) is 5.82 Å². The Morgan fingerprint density at radius 1 is 1.00 bits per heavy atom. The van der Waals surface area contributed by atoms with Crippen LogP contribution in [0.3, 0.4) is 0 Å². The van der Waals surface area contributed by atoms with Crippen molar-refractivity contribution in [3.8, 4) is 28.3 Å². The number of nitrogens with zero attached hydrogens (tertiary/aromatic N) is 2. The Kier molecular flexibility index (Phi) is 5.84. The SMILES string of the molecule is CC[C@@H](N)CNc1nc(-c2cc(-c3ccccc3Cl)ccc2O)nc2ccccc12. The predicted molar refractivity (Wildman–Crippen MR) is 124 cm³/mol. The van der Waals surface area contributed by atoms with Gasteiger partial charge >= 0.3 is 0 Å². The van der Waals surface area contributed by atoms with E-state index in [1.807, 2.05) is 67.6 Å². The molecule has 0 aliphatic rings. The molecular weight excluding hydrogens is 396 g/mol. The number of rotatable bonds is 6. The van der Waals surface area contributed by atoms with Crippen molar-refractivity contribution >= 4 is 28.3 Å². The first kappa shape index (κ1) is 20.1. The van der Waals surface area contributed by atoms with E-state index >= 15 is 0 Å². The molecular formula is C24H23ClN4O. The number of nitrogens with one attached hydrogen (secondary N) is 1. The summed E-state index contributed by atoms with van der Waals surface area (Å²) < 4.78 is 0. The topological polar surface area (TPSA) is 84.1 Å². The number of benzene rings is 3. The highest BCUT2D eigenvalue weighted by atomic mass is 35.5. The van der Waals surface area contributed by atoms with E-state index < -0.39 is 0 Å². The van der Waals surface area contributed by atoms with Crippen molar-refractivity contribution in [2.45, 2.75) is 19.4 Å². The highest BCUT2D eigenvalue weighted by Gasteiger charge is 2.15. The fourth-order valence-electron chi connectivity index (χ4n) is 3.28. The van der Waals surface area contributed by atoms with E-state index in [0.29, 0.717) is 28.8 Å². The van der Waals surface area contributed by atoms with Gasteiger partial charge in [0.05, 0.1) is 11.1 Å². The lowest BCUT2D eigenvalue weighted by Gasteiger charge is -2.15. The van der Waals surface area contributed by atoms with E-state index in [-0.39, 0.29) is 11.8 Å². The molecule has 0 amide bonds. The maximum absolute atomic E-state index is 10.6. The summed E-state index contributed by atoms with van der Waals surface area (Å²) in [4.78, 5) is 9.42. The zero-order chi connectivity index (χ0) is 21.1. The molecule has 3 aromatic carbocycles. The Morgan fingerprint density at radius 2 is 1.77 bits per heavy atom. The van der Waals surface area contributed by atoms with Gasteiger partial charge in [-0.05, 0) is 42.3 Å². The molecule has 30 heavy (non-hydrogen) atoms. The Bertz CT molecular complexity index is 1190. The molecule has 152 valence electrons. The standard InChI is InChI=1S/C24H23ClN4O/c1-2-16(26)14-27-23-18-8-4-6-10-21(18)28-24(29-23)19-13-15(11-12-22(19)30)17-7-3-5-9-20(17)25/h3-13,16,30H,2,14,26H2,1H3,(H,27,28,29)/t16-/m1/s1. The minimum Gasteiger partial charge on any atom is -0.507 e. The zero-order valence-corrected chi connectivity index (χ0v) is 17.4. The van der Waals surface area contributed by atoms with Crippen LogP contribution in [0.15, 0.2) is 66.7 Å². The van der Waals surface area contributed by atoms with E-state index in [2.05, 4.69) is 5.32 Å². The third-order valence-electron chi connectivity index (χ3n) is 5.08. The molecule has 0 aliphatic heterocycles. The summed E-state index contributed by atoms with van der Waals surface area (Å²) in [5.74, 6) is 1.24. The molecule has 0 fully saturated rings. The molecule has 4 aromatic rings. The van der Waals surface area contributed by atoms with Gasteiger partial charge < -0.3 is 16.2 Å². The highest BCUT2D eigenvalue weighted by Crippen LogP contribution is 2.36. The zero-order valence-electron chi connectivity index (χ0n) is 16.6. The van der Waals surface area contributed by atoms with Crippen LogP contribution in [-0.2, 0) is 0 Å². The van der Waals surface area contributed by atoms with Gasteiger partial charge in [0.25, 0.3) is 0 Å². The molecule has 1 atom stereocenters. The normalized spacial score (nSPS) is 12.1. The number of phenolic OH excluding ortho intramolecular Hbond substituents is 1. The number of hydrogen-bond acceptors (Lipinski definition) is 5. The predicted octanol–water partition coefficient (Wildman–Crippen LogP) is 5.47. The minimum absolute atomic E-state index is 0.0270. The fraction of sp³-hybridized carbons (Fsp3) is 0.167. The van der Waals surface area contributed by atoms with Crippen molar-refractivity contribution < 1.29 is 5.11 Å². The van der Waals surface area contributed by atoms with Gasteiger partial charge in [-0.25, -0.2) is 9.97 Å². The third-order valence-corrected chi connectivity index (χ3v) is 5.41. The van der Waals surface area contributed by atoms with E-state index in [1.165, 1.54) is 0 Å². The Hall–Kier alpha value is -3.15. The van der Waals surface area contributed by atoms with Crippen LogP contribution in [0, 0.1) is 0 Å². The van der Waals surface area contributed by atoms with Crippen LogP contribution in [0.1, 0.15) is 13.3 Å². The van der Waals surface area contributed by atoms with Gasteiger partial charge in [0, 0.05) is 28.6 Å². The van der Waals surface area contributed by atoms with Crippen molar-refractivity contribution in [3.63, 3.8) is 0 Å². The van der Waals surface area contributed by atoms with Crippen molar-refractivity contribution in [2.75, 3.05) is 11.9 Å². The number of hydrogen-bond donors (Lipinski definition) is 3. The number of fused-ring (bicyclic) bond motifs is 1. The molecule has 0 saturated heterocycles. The second-order valence-electron chi connectivity index (χ2n) is 7.17. The van der Waals surface area contributed by atoms with Crippen molar-refractivity contribution in [3.05, 3.63) is 71.8 Å². The first-order valence-electron chi connectivity index (χ1n) is 9.91. The number of para-hydroxylation sites is 1. The molecule has 0 radical (unpaired) electrons. The van der Waals surface area contributed by atoms with Crippen molar-refractivity contribution in [1.82, 2.24) is 9.97 Å². The van der Waals surface area contributed by atoms with Crippen LogP contribution in [0.5, 0.6) is 5.75 Å². The third kappa shape index (κ3) is 4.08. The van der Waals surface area contributed by atoms with E-state index in [0.717, 1.165) is 28.5 Å². The quantitative estimate of drug-likeness (QED) is 0.386. The second-order valence-corrected chi connectivity index (χ2v) is 7.58. The summed E-state index contributed by atoms with van der Waals surface area (Å²) in [6, 6.07) is 20.8. The van der Waals surface area contributed by atoms with Crippen LogP contribution in [0.2, 0.25) is 5.02 Å². The first-order chi connectivity index (χ1) is 14.6. The summed E-state index contributed by atoms with van der Waals surface area (Å²) >= 11 is 6.37. The Balaban J connectivity index is 1.83. The number of aromatic hydroxyl groups is 1. The van der Waals surface area contributed by atoms with Crippen molar-refractivity contribution in [1.29, 1.82) is 0 Å². The summed E-state index contributed by atoms with van der Waals surface area (Å²) in [5.41, 5.74) is 9.18. The van der Waals surface area contributed by atoms with Crippen LogP contribution in [0.25, 0.3) is 33.4 Å². The summed E-state index contributed by atoms with van der Waals surface area (Å²) in [6.45, 7) is 2.65. The highest BCUT2D eigenvalue weighted by molar-refractivity contribution is 6.33. The summed E-state index contributed by atoms with van der Waals surface area (Å²) in [6.07, 6.45) is 0.865. The largest absolute Gasteiger partial charge is 0.507 e. The molecule has 0 aliphatic carbocycles. The molecule has 6 heteroatoms. The monoisotopic (exact) mass is 418 g/mol. The Morgan fingerprint density at radius 3 is 2.57 bits per heavy atom. The van der Waals surface area contributed by atoms with Gasteiger partial charge in [-0.15, -0.1) is 0 Å². The van der Waals surface area contributed by atoms with Crippen LogP contribution >= 0.6 is 11.6 Å². The molecule has 1 aromatic heterocycles. The van der Waals surface area contributed by atoms with E-state index in [4.69, 9.17) is 27.3 Å². The molecule has 4 N–H and O–H groups in total. The summed E-state index contributed by atoms with van der Waals surface area (Å²) in [7, 11) is 0. The maximum Gasteiger partial charge on any atom is 0.165 e. The number of anilines is 1. The van der Waals surface area contributed by atoms with Gasteiger partial charge in [0.2, 0.25) is 0 Å². The van der Waals surface area contributed by atoms with E-state index in [9.17, 15) is 5.11 Å². The molecule has 0 spiro atoms. The van der Waals surface area contributed by atoms with Crippen LogP contribution < -0.4 is 11.1 Å². The lowest BCUT2D eigenvalue weighted by atomic mass is 10.0. The smallest absolute Gasteiger partial charge is 0.165 e. The second kappa shape index (κ2) is 8.69. The van der Waals surface area contributed by atoms with Gasteiger partial charge in [-0.1, -0.05) is 54.9 Å².